The monoisotopic (exact) mass is 174 g/mol. The van der Waals surface area contributed by atoms with E-state index in [9.17, 15) is 0 Å². The summed E-state index contributed by atoms with van der Waals surface area (Å²) in [6.07, 6.45) is 0. The van der Waals surface area contributed by atoms with Gasteiger partial charge in [-0.1, -0.05) is 0 Å². The first kappa shape index (κ1) is 2800. The third-order valence-electron chi connectivity index (χ3n) is 0. The molecule has 0 aromatic rings. The van der Waals surface area contributed by atoms with Gasteiger partial charge in [-0.3, -0.25) is 0 Å². The van der Waals surface area contributed by atoms with Crippen LogP contribution in [0.2, 0.25) is 0 Å². The van der Waals surface area contributed by atoms with E-state index in [0.717, 1.165) is 0 Å². The van der Waals surface area contributed by atoms with E-state index in [1.165, 1.54) is 0 Å². The molecule has 0 aliphatic rings. The van der Waals surface area contributed by atoms with Crippen molar-refractivity contribution in [3.05, 3.63) is 0 Å². The van der Waals surface area contributed by atoms with Crippen molar-refractivity contribution in [1.29, 1.82) is 0 Å². The first-order valence-electron chi connectivity index (χ1n) is 0. The minimum atomic E-state index is 0. The van der Waals surface area contributed by atoms with Crippen molar-refractivity contribution in [3.8, 4) is 0 Å². The summed E-state index contributed by atoms with van der Waals surface area (Å²) in [5.74, 6) is 0. The van der Waals surface area contributed by atoms with Crippen molar-refractivity contribution in [2.75, 3.05) is 0 Å². The number of hydrogen-bond acceptors (Lipinski definition) is 0. The molecular weight excluding hydrogens is 167 g/mol. The van der Waals surface area contributed by atoms with Gasteiger partial charge in [-0.15, -0.1) is 0 Å². The Bertz CT molecular complexity index is 9.65. The Hall–Kier alpha value is 0.323. The molecule has 0 unspecified atom stereocenters. The average Bonchev–Trinajstić information content (AvgIpc) is 0. The fourth-order valence-electron chi connectivity index (χ4n) is 0. The molecule has 48 valence electrons. The molecule has 0 aromatic carbocycles. The molecule has 7 heavy (non-hydrogen) atoms. The average molecular weight is 175 g/mol. The Morgan fingerprint density at radius 3 is 0.429 bits per heavy atom. The Labute approximate surface area is 51.6 Å². The summed E-state index contributed by atoms with van der Waals surface area (Å²) in [4.78, 5) is 0. The molecule has 0 bridgehead atoms. The molecule has 7 heteroatoms. The van der Waals surface area contributed by atoms with Crippen LogP contribution in [0.15, 0.2) is 0 Å². The van der Waals surface area contributed by atoms with Gasteiger partial charge in [-0.2, -0.15) is 0 Å². The molecule has 0 rings (SSSR count). The van der Waals surface area contributed by atoms with Gasteiger partial charge in [0.2, 0.25) is 0 Å². The molecular formula is H8F2O4Zn. The summed E-state index contributed by atoms with van der Waals surface area (Å²) >= 11 is 0. The van der Waals surface area contributed by atoms with E-state index in [0.29, 0.717) is 0 Å². The van der Waals surface area contributed by atoms with Gasteiger partial charge in [0, 0.05) is 0 Å². The van der Waals surface area contributed by atoms with Gasteiger partial charge in [0.15, 0.2) is 0 Å². The topological polar surface area (TPSA) is 126 Å². The van der Waals surface area contributed by atoms with E-state index in [2.05, 4.69) is 0 Å². The van der Waals surface area contributed by atoms with Crippen LogP contribution < -0.4 is 9.41 Å². The molecule has 0 aliphatic heterocycles. The van der Waals surface area contributed by atoms with Crippen molar-refractivity contribution in [1.82, 2.24) is 0 Å². The Balaban J connectivity index is 0. The maximum absolute atomic E-state index is 0. The Morgan fingerprint density at radius 2 is 0.429 bits per heavy atom. The van der Waals surface area contributed by atoms with Crippen LogP contribution in [-0.4, -0.2) is 21.9 Å². The van der Waals surface area contributed by atoms with E-state index in [1.54, 1.807) is 0 Å². The molecule has 0 saturated carbocycles. The van der Waals surface area contributed by atoms with Crippen LogP contribution in [0.4, 0.5) is 0 Å². The third-order valence-corrected chi connectivity index (χ3v) is 0. The van der Waals surface area contributed by atoms with Crippen molar-refractivity contribution >= 4 is 0 Å². The SMILES string of the molecule is O.O.O.O.[F-].[F-].[Zn+2]. The molecule has 0 aliphatic carbocycles. The van der Waals surface area contributed by atoms with Crippen LogP contribution in [-0.2, 0) is 19.5 Å². The molecule has 0 atom stereocenters. The van der Waals surface area contributed by atoms with Crippen molar-refractivity contribution < 1.29 is 50.8 Å². The second kappa shape index (κ2) is 1710. The van der Waals surface area contributed by atoms with E-state index < -0.39 is 0 Å². The van der Waals surface area contributed by atoms with Gasteiger partial charge in [-0.25, -0.2) is 0 Å². The minimum absolute atomic E-state index is 0. The van der Waals surface area contributed by atoms with Crippen molar-refractivity contribution in [3.63, 3.8) is 0 Å². The smallest absolute Gasteiger partial charge is 1.00 e. The summed E-state index contributed by atoms with van der Waals surface area (Å²) < 4.78 is 0. The molecule has 0 radical (unpaired) electrons. The van der Waals surface area contributed by atoms with Crippen LogP contribution >= 0.6 is 0 Å². The Kier molecular flexibility index (Phi) is 685000. The first-order valence-corrected chi connectivity index (χ1v) is 0. The predicted octanol–water partition coefficient (Wildman–Crippen LogP) is -9.29. The summed E-state index contributed by atoms with van der Waals surface area (Å²) in [5.41, 5.74) is 0. The number of rotatable bonds is 0. The van der Waals surface area contributed by atoms with Crippen LogP contribution in [0.25, 0.3) is 0 Å². The summed E-state index contributed by atoms with van der Waals surface area (Å²) in [7, 11) is 0. The normalized spacial score (nSPS) is 0. The molecule has 0 saturated heterocycles. The van der Waals surface area contributed by atoms with Gasteiger partial charge < -0.3 is 31.3 Å². The molecule has 0 heterocycles. The molecule has 0 amide bonds. The second-order valence-electron chi connectivity index (χ2n) is 0. The van der Waals surface area contributed by atoms with Crippen molar-refractivity contribution in [2.24, 2.45) is 0 Å². The first-order chi connectivity index (χ1) is 0. The summed E-state index contributed by atoms with van der Waals surface area (Å²) in [6.45, 7) is 0. The standard InChI is InChI=1S/2FH.4H2O.Zn/h2*1H;4*1H2;/q;;;;;;+2/p-2. The second-order valence-corrected chi connectivity index (χ2v) is 0. The van der Waals surface area contributed by atoms with Crippen molar-refractivity contribution in [2.45, 2.75) is 0 Å². The van der Waals surface area contributed by atoms with Gasteiger partial charge >= 0.3 is 19.5 Å². The van der Waals surface area contributed by atoms with Gasteiger partial charge in [0.25, 0.3) is 0 Å². The molecule has 0 spiro atoms. The van der Waals surface area contributed by atoms with Crippen LogP contribution in [0.5, 0.6) is 0 Å². The fourth-order valence-corrected chi connectivity index (χ4v) is 0. The zero-order chi connectivity index (χ0) is 0. The van der Waals surface area contributed by atoms with Gasteiger partial charge in [0.1, 0.15) is 0 Å². The quantitative estimate of drug-likeness (QED) is 0.324. The van der Waals surface area contributed by atoms with Gasteiger partial charge in [0.05, 0.1) is 0 Å². The molecule has 8 N–H and O–H groups in total. The minimum Gasteiger partial charge on any atom is -1.00 e. The third kappa shape index (κ3) is 1130. The predicted molar refractivity (Wildman–Crippen MR) is 14.5 cm³/mol. The zero-order valence-electron chi connectivity index (χ0n) is 3.46. The Morgan fingerprint density at radius 1 is 0.429 bits per heavy atom. The van der Waals surface area contributed by atoms with E-state index in [-0.39, 0.29) is 50.8 Å². The van der Waals surface area contributed by atoms with Crippen LogP contribution in [0.3, 0.4) is 0 Å². The molecule has 4 nitrogen and oxygen atoms in total. The maximum atomic E-state index is 0. The fraction of sp³-hybridized carbons (Fsp3) is 0. The van der Waals surface area contributed by atoms with E-state index in [1.807, 2.05) is 0 Å². The summed E-state index contributed by atoms with van der Waals surface area (Å²) in [5, 5.41) is 0. The van der Waals surface area contributed by atoms with Gasteiger partial charge in [-0.05, 0) is 0 Å². The largest absolute Gasteiger partial charge is 2.00 e. The summed E-state index contributed by atoms with van der Waals surface area (Å²) in [6, 6.07) is 0. The van der Waals surface area contributed by atoms with E-state index >= 15 is 0 Å². The number of hydrogen-bond donors (Lipinski definition) is 0. The van der Waals surface area contributed by atoms with E-state index in [4.69, 9.17) is 0 Å². The van der Waals surface area contributed by atoms with Crippen LogP contribution in [0, 0.1) is 0 Å². The molecule has 0 aromatic heterocycles. The molecule has 0 fully saturated rings. The zero-order valence-corrected chi connectivity index (χ0v) is 6.43. The number of halogens is 2. The maximum Gasteiger partial charge on any atom is 2.00 e. The van der Waals surface area contributed by atoms with Crippen LogP contribution in [0.1, 0.15) is 0 Å².